The first-order chi connectivity index (χ1) is 8.07. The number of nitrogens with two attached hydrogens (primary N) is 1. The van der Waals surface area contributed by atoms with Crippen LogP contribution in [0, 0.1) is 0 Å². The van der Waals surface area contributed by atoms with E-state index in [0.717, 1.165) is 23.3 Å². The molecule has 2 aromatic rings. The average molecular weight is 233 g/mol. The molecule has 0 aromatic carbocycles. The fourth-order valence-electron chi connectivity index (χ4n) is 2.88. The maximum Gasteiger partial charge on any atom is 0.203 e. The number of anilines is 1. The monoisotopic (exact) mass is 233 g/mol. The molecule has 2 heterocycles. The molecular weight excluding hydrogens is 214 g/mol. The molecule has 0 atom stereocenters. The van der Waals surface area contributed by atoms with Gasteiger partial charge in [0.05, 0.1) is 5.69 Å². The van der Waals surface area contributed by atoms with Gasteiger partial charge in [0.15, 0.2) is 5.65 Å². The summed E-state index contributed by atoms with van der Waals surface area (Å²) in [7, 11) is 1.97. The Bertz CT molecular complexity index is 573. The van der Waals surface area contributed by atoms with E-state index in [1.54, 1.807) is 0 Å². The lowest BCUT2D eigenvalue weighted by Gasteiger charge is -2.40. The van der Waals surface area contributed by atoms with Crippen molar-refractivity contribution in [3.05, 3.63) is 5.69 Å². The van der Waals surface area contributed by atoms with Crippen molar-refractivity contribution in [3.63, 3.8) is 0 Å². The highest BCUT2D eigenvalue weighted by atomic mass is 15.4. The molecule has 0 aliphatic heterocycles. The summed E-state index contributed by atoms with van der Waals surface area (Å²) in [4.78, 5) is 4.51. The highest BCUT2D eigenvalue weighted by Crippen LogP contribution is 2.42. The number of aromatic nitrogens is 4. The van der Waals surface area contributed by atoms with E-state index in [2.05, 4.69) is 28.5 Å². The van der Waals surface area contributed by atoms with Crippen molar-refractivity contribution in [3.8, 4) is 0 Å². The van der Waals surface area contributed by atoms with Crippen LogP contribution < -0.4 is 5.73 Å². The third kappa shape index (κ3) is 1.25. The van der Waals surface area contributed by atoms with Crippen LogP contribution >= 0.6 is 0 Å². The first-order valence-corrected chi connectivity index (χ1v) is 6.27. The molecular formula is C12H19N5. The molecule has 0 unspecified atom stereocenters. The van der Waals surface area contributed by atoms with Crippen molar-refractivity contribution in [2.45, 2.75) is 45.1 Å². The van der Waals surface area contributed by atoms with Gasteiger partial charge in [0.1, 0.15) is 5.52 Å². The summed E-state index contributed by atoms with van der Waals surface area (Å²) in [6, 6.07) is 0. The van der Waals surface area contributed by atoms with E-state index in [1.807, 2.05) is 11.7 Å². The summed E-state index contributed by atoms with van der Waals surface area (Å²) >= 11 is 0. The van der Waals surface area contributed by atoms with Gasteiger partial charge in [0, 0.05) is 12.6 Å². The van der Waals surface area contributed by atoms with E-state index in [-0.39, 0.29) is 5.54 Å². The van der Waals surface area contributed by atoms with Gasteiger partial charge < -0.3 is 5.73 Å². The molecule has 17 heavy (non-hydrogen) atoms. The molecule has 0 radical (unpaired) electrons. The van der Waals surface area contributed by atoms with Gasteiger partial charge in [-0.25, -0.2) is 4.98 Å². The predicted molar refractivity (Wildman–Crippen MR) is 67.8 cm³/mol. The van der Waals surface area contributed by atoms with Crippen LogP contribution in [0.1, 0.15) is 38.8 Å². The summed E-state index contributed by atoms with van der Waals surface area (Å²) in [5.41, 5.74) is 9.31. The Morgan fingerprint density at radius 1 is 1.41 bits per heavy atom. The Kier molecular flexibility index (Phi) is 2.03. The third-order valence-electron chi connectivity index (χ3n) is 4.04. The first kappa shape index (κ1) is 10.6. The molecule has 2 aromatic heterocycles. The molecule has 3 rings (SSSR count). The lowest BCUT2D eigenvalue weighted by molar-refractivity contribution is 0.175. The summed E-state index contributed by atoms with van der Waals surface area (Å²) < 4.78 is 4.10. The number of hydrogen-bond acceptors (Lipinski definition) is 3. The molecule has 1 aliphatic carbocycles. The van der Waals surface area contributed by atoms with Crippen molar-refractivity contribution in [1.82, 2.24) is 19.3 Å². The Balaban J connectivity index is 2.30. The second-order valence-electron chi connectivity index (χ2n) is 5.25. The van der Waals surface area contributed by atoms with E-state index >= 15 is 0 Å². The number of nitrogen functional groups attached to an aromatic ring is 1. The number of nitrogens with zero attached hydrogens (tertiary/aromatic N) is 4. The lowest BCUT2D eigenvalue weighted by Crippen LogP contribution is -2.38. The molecule has 1 saturated carbocycles. The molecule has 0 bridgehead atoms. The van der Waals surface area contributed by atoms with Crippen molar-refractivity contribution < 1.29 is 0 Å². The van der Waals surface area contributed by atoms with Crippen LogP contribution in [-0.4, -0.2) is 19.3 Å². The Morgan fingerprint density at radius 3 is 2.65 bits per heavy atom. The second-order valence-corrected chi connectivity index (χ2v) is 5.25. The minimum atomic E-state index is 0.137. The molecule has 1 fully saturated rings. The van der Waals surface area contributed by atoms with Gasteiger partial charge in [-0.15, -0.1) is 0 Å². The van der Waals surface area contributed by atoms with Crippen molar-refractivity contribution >= 4 is 17.1 Å². The summed E-state index contributed by atoms with van der Waals surface area (Å²) in [6.45, 7) is 4.36. The quantitative estimate of drug-likeness (QED) is 0.860. The Hall–Kier alpha value is -1.52. The van der Waals surface area contributed by atoms with Gasteiger partial charge in [0.25, 0.3) is 0 Å². The van der Waals surface area contributed by atoms with Gasteiger partial charge in [-0.1, -0.05) is 6.92 Å². The Morgan fingerprint density at radius 2 is 2.12 bits per heavy atom. The van der Waals surface area contributed by atoms with Crippen molar-refractivity contribution in [1.29, 1.82) is 0 Å². The first-order valence-electron chi connectivity index (χ1n) is 6.27. The van der Waals surface area contributed by atoms with Crippen LogP contribution in [-0.2, 0) is 19.0 Å². The maximum atomic E-state index is 6.10. The highest BCUT2D eigenvalue weighted by molar-refractivity contribution is 5.78. The molecule has 1 aliphatic rings. The van der Waals surface area contributed by atoms with E-state index in [4.69, 9.17) is 5.73 Å². The third-order valence-corrected chi connectivity index (χ3v) is 4.04. The fraction of sp³-hybridized carbons (Fsp3) is 0.667. The predicted octanol–water partition coefficient (Wildman–Crippen LogP) is 1.81. The van der Waals surface area contributed by atoms with Gasteiger partial charge in [0.2, 0.25) is 5.95 Å². The van der Waals surface area contributed by atoms with E-state index in [9.17, 15) is 0 Å². The lowest BCUT2D eigenvalue weighted by atomic mass is 9.78. The molecule has 92 valence electrons. The van der Waals surface area contributed by atoms with Crippen LogP contribution in [0.25, 0.3) is 11.2 Å². The molecule has 0 amide bonds. The number of fused-ring (bicyclic) bond motifs is 1. The summed E-state index contributed by atoms with van der Waals surface area (Å²) in [5, 5.41) is 4.52. The molecule has 5 heteroatoms. The van der Waals surface area contributed by atoms with Gasteiger partial charge in [-0.05, 0) is 32.6 Å². The molecule has 2 N–H and O–H groups in total. The highest BCUT2D eigenvalue weighted by Gasteiger charge is 2.37. The fourth-order valence-corrected chi connectivity index (χ4v) is 2.88. The minimum absolute atomic E-state index is 0.137. The zero-order valence-corrected chi connectivity index (χ0v) is 10.7. The zero-order valence-electron chi connectivity index (χ0n) is 10.7. The average Bonchev–Trinajstić information content (AvgIpc) is 2.73. The molecule has 0 spiro atoms. The van der Waals surface area contributed by atoms with Crippen LogP contribution in [0.15, 0.2) is 0 Å². The van der Waals surface area contributed by atoms with Crippen LogP contribution in [0.2, 0.25) is 0 Å². The standard InChI is InChI=1S/C12H19N5/c1-4-8-9-10(16(3)15-8)17(11(13)14-9)12(2)6-5-7-12/h4-7H2,1-3H3,(H2,13,14). The van der Waals surface area contributed by atoms with E-state index in [0.29, 0.717) is 5.95 Å². The molecule has 0 saturated heterocycles. The Labute approximate surface area is 101 Å². The largest absolute Gasteiger partial charge is 0.369 e. The van der Waals surface area contributed by atoms with Crippen molar-refractivity contribution in [2.24, 2.45) is 7.05 Å². The van der Waals surface area contributed by atoms with Crippen LogP contribution in [0.5, 0.6) is 0 Å². The SMILES string of the molecule is CCc1nn(C)c2c1nc(N)n2C1(C)CCC1. The molecule has 5 nitrogen and oxygen atoms in total. The minimum Gasteiger partial charge on any atom is -0.369 e. The smallest absolute Gasteiger partial charge is 0.203 e. The topological polar surface area (TPSA) is 61.7 Å². The number of imidazole rings is 1. The summed E-state index contributed by atoms with van der Waals surface area (Å²) in [5.74, 6) is 0.630. The van der Waals surface area contributed by atoms with Crippen LogP contribution in [0.4, 0.5) is 5.95 Å². The van der Waals surface area contributed by atoms with Crippen molar-refractivity contribution in [2.75, 3.05) is 5.73 Å². The number of rotatable bonds is 2. The van der Waals surface area contributed by atoms with E-state index in [1.165, 1.54) is 19.3 Å². The second kappa shape index (κ2) is 3.24. The van der Waals surface area contributed by atoms with Crippen LogP contribution in [0.3, 0.4) is 0 Å². The number of aryl methyl sites for hydroxylation is 2. The van der Waals surface area contributed by atoms with E-state index < -0.39 is 0 Å². The normalized spacial score (nSPS) is 18.5. The van der Waals surface area contributed by atoms with Gasteiger partial charge in [-0.2, -0.15) is 5.10 Å². The summed E-state index contributed by atoms with van der Waals surface area (Å²) in [6.07, 6.45) is 4.52. The maximum absolute atomic E-state index is 6.10. The number of hydrogen-bond donors (Lipinski definition) is 1. The van der Waals surface area contributed by atoms with Gasteiger partial charge in [-0.3, -0.25) is 9.25 Å². The van der Waals surface area contributed by atoms with Gasteiger partial charge >= 0.3 is 0 Å². The zero-order chi connectivity index (χ0) is 12.2.